The zero-order chi connectivity index (χ0) is 37.7. The minimum absolute atomic E-state index is 1.10. The van der Waals surface area contributed by atoms with E-state index in [0.29, 0.717) is 0 Å². The molecule has 0 amide bonds. The molecule has 0 aliphatic rings. The van der Waals surface area contributed by atoms with Gasteiger partial charge in [0.25, 0.3) is 0 Å². The van der Waals surface area contributed by atoms with E-state index < -0.39 is 0 Å². The summed E-state index contributed by atoms with van der Waals surface area (Å²) < 4.78 is 5.23. The highest BCUT2D eigenvalue weighted by atomic mass is 32.1. The quantitative estimate of drug-likeness (QED) is 0.156. The third kappa shape index (κ3) is 6.00. The van der Waals surface area contributed by atoms with Crippen molar-refractivity contribution in [3.63, 3.8) is 0 Å². The van der Waals surface area contributed by atoms with Gasteiger partial charge in [0, 0.05) is 57.4 Å². The molecule has 0 unspecified atom stereocenters. The molecule has 11 aromatic rings. The van der Waals surface area contributed by atoms with Crippen molar-refractivity contribution in [1.29, 1.82) is 0 Å². The van der Waals surface area contributed by atoms with Gasteiger partial charge in [-0.25, -0.2) is 0 Å². The maximum atomic E-state index is 2.44. The molecule has 2 heterocycles. The van der Waals surface area contributed by atoms with Crippen LogP contribution in [0.5, 0.6) is 0 Å². The van der Waals surface area contributed by atoms with Gasteiger partial charge in [0.15, 0.2) is 0 Å². The van der Waals surface area contributed by atoms with Gasteiger partial charge in [-0.3, -0.25) is 0 Å². The molecule has 0 aliphatic carbocycles. The Kier molecular flexibility index (Phi) is 8.28. The second-order valence-electron chi connectivity index (χ2n) is 14.5. The van der Waals surface area contributed by atoms with Crippen LogP contribution in [0.4, 0.5) is 17.1 Å². The fourth-order valence-corrected chi connectivity index (χ4v) is 10.7. The Morgan fingerprint density at radius 2 is 0.789 bits per heavy atom. The summed E-state index contributed by atoms with van der Waals surface area (Å²) in [7, 11) is 0. The lowest BCUT2D eigenvalue weighted by Crippen LogP contribution is -2.10. The Morgan fingerprint density at radius 3 is 1.53 bits per heavy atom. The standard InChI is InChI=1S/C54H35NS2/c1-3-14-36(15-4-1)39-32-40(46-22-13-23-49-47-20-9-12-25-52(47)57-54(46)49)34-43(33-39)55(42-30-31-53-50(35-42)48-21-10-11-24-51(48)56-53)41-28-26-38(27-29-41)45-19-8-7-18-44(45)37-16-5-2-6-17-37/h1-35H. The topological polar surface area (TPSA) is 3.24 Å². The van der Waals surface area contributed by atoms with Crippen molar-refractivity contribution in [3.05, 3.63) is 212 Å². The van der Waals surface area contributed by atoms with Crippen molar-refractivity contribution in [3.8, 4) is 44.5 Å². The average Bonchev–Trinajstić information content (AvgIpc) is 3.86. The molecule has 0 fully saturated rings. The summed E-state index contributed by atoms with van der Waals surface area (Å²) >= 11 is 3.74. The lowest BCUT2D eigenvalue weighted by molar-refractivity contribution is 1.29. The zero-order valence-electron chi connectivity index (χ0n) is 31.0. The van der Waals surface area contributed by atoms with Gasteiger partial charge in [-0.1, -0.05) is 152 Å². The first kappa shape index (κ1) is 33.5. The molecule has 0 spiro atoms. The Morgan fingerprint density at radius 1 is 0.263 bits per heavy atom. The molecule has 268 valence electrons. The van der Waals surface area contributed by atoms with Crippen molar-refractivity contribution >= 4 is 80.1 Å². The number of hydrogen-bond acceptors (Lipinski definition) is 3. The highest BCUT2D eigenvalue weighted by molar-refractivity contribution is 7.26. The molecule has 0 saturated heterocycles. The summed E-state index contributed by atoms with van der Waals surface area (Å²) in [5, 5.41) is 5.19. The van der Waals surface area contributed by atoms with Crippen LogP contribution in [0.2, 0.25) is 0 Å². The second-order valence-corrected chi connectivity index (χ2v) is 16.6. The number of nitrogens with zero attached hydrogens (tertiary/aromatic N) is 1. The van der Waals surface area contributed by atoms with E-state index in [1.165, 1.54) is 84.9 Å². The molecule has 0 N–H and O–H groups in total. The first-order valence-electron chi connectivity index (χ1n) is 19.3. The molecule has 0 atom stereocenters. The molecule has 0 aliphatic heterocycles. The molecular formula is C54H35NS2. The van der Waals surface area contributed by atoms with Crippen LogP contribution in [0, 0.1) is 0 Å². The first-order chi connectivity index (χ1) is 28.2. The SMILES string of the molecule is c1ccc(-c2cc(-c3cccc4c3sc3ccccc34)cc(N(c3ccc(-c4ccccc4-c4ccccc4)cc3)c3ccc4sc5ccccc5c4c3)c2)cc1. The fraction of sp³-hybridized carbons (Fsp3) is 0. The molecule has 0 saturated carbocycles. The van der Waals surface area contributed by atoms with Crippen LogP contribution in [0.3, 0.4) is 0 Å². The van der Waals surface area contributed by atoms with Gasteiger partial charge < -0.3 is 4.90 Å². The van der Waals surface area contributed by atoms with Gasteiger partial charge in [-0.2, -0.15) is 0 Å². The zero-order valence-corrected chi connectivity index (χ0v) is 32.6. The van der Waals surface area contributed by atoms with Crippen molar-refractivity contribution < 1.29 is 0 Å². The Bertz CT molecular complexity index is 3230. The van der Waals surface area contributed by atoms with Crippen LogP contribution in [-0.2, 0) is 0 Å². The lowest BCUT2D eigenvalue weighted by atomic mass is 9.94. The summed E-state index contributed by atoms with van der Waals surface area (Å²) in [6, 6.07) is 77.7. The summed E-state index contributed by atoms with van der Waals surface area (Å²) in [4.78, 5) is 2.44. The molecular weight excluding hydrogens is 727 g/mol. The van der Waals surface area contributed by atoms with Gasteiger partial charge in [0.05, 0.1) is 0 Å². The van der Waals surface area contributed by atoms with E-state index >= 15 is 0 Å². The van der Waals surface area contributed by atoms with E-state index in [-0.39, 0.29) is 0 Å². The third-order valence-corrected chi connectivity index (χ3v) is 13.4. The maximum absolute atomic E-state index is 2.44. The lowest BCUT2D eigenvalue weighted by Gasteiger charge is -2.27. The number of hydrogen-bond donors (Lipinski definition) is 0. The van der Waals surface area contributed by atoms with Gasteiger partial charge in [0.2, 0.25) is 0 Å². The van der Waals surface area contributed by atoms with Crippen LogP contribution >= 0.6 is 22.7 Å². The van der Waals surface area contributed by atoms with Crippen LogP contribution in [-0.4, -0.2) is 0 Å². The van der Waals surface area contributed by atoms with E-state index in [1.54, 1.807) is 0 Å². The summed E-state index contributed by atoms with van der Waals surface area (Å²) in [5.41, 5.74) is 13.0. The smallest absolute Gasteiger partial charge is 0.0473 e. The van der Waals surface area contributed by atoms with Crippen molar-refractivity contribution in [2.24, 2.45) is 0 Å². The minimum Gasteiger partial charge on any atom is -0.310 e. The average molecular weight is 762 g/mol. The minimum atomic E-state index is 1.10. The summed E-state index contributed by atoms with van der Waals surface area (Å²) in [6.07, 6.45) is 0. The normalized spacial score (nSPS) is 11.5. The van der Waals surface area contributed by atoms with Gasteiger partial charge >= 0.3 is 0 Å². The number of rotatable bonds is 7. The predicted molar refractivity (Wildman–Crippen MR) is 249 cm³/mol. The van der Waals surface area contributed by atoms with E-state index in [2.05, 4.69) is 217 Å². The monoisotopic (exact) mass is 761 g/mol. The summed E-state index contributed by atoms with van der Waals surface area (Å²) in [5.74, 6) is 0. The largest absolute Gasteiger partial charge is 0.310 e. The first-order valence-corrected chi connectivity index (χ1v) is 21.0. The van der Waals surface area contributed by atoms with E-state index in [0.717, 1.165) is 17.1 Å². The predicted octanol–water partition coefficient (Wildman–Crippen LogP) is 16.6. The van der Waals surface area contributed by atoms with Crippen molar-refractivity contribution in [2.75, 3.05) is 4.90 Å². The van der Waals surface area contributed by atoms with Crippen LogP contribution in [0.25, 0.3) is 84.9 Å². The third-order valence-electron chi connectivity index (χ3n) is 11.1. The highest BCUT2D eigenvalue weighted by Gasteiger charge is 2.19. The number of benzene rings is 9. The molecule has 0 radical (unpaired) electrons. The van der Waals surface area contributed by atoms with Gasteiger partial charge in [-0.15, -0.1) is 22.7 Å². The Hall–Kier alpha value is -6.78. The van der Waals surface area contributed by atoms with E-state index in [1.807, 2.05) is 22.7 Å². The molecule has 1 nitrogen and oxygen atoms in total. The van der Waals surface area contributed by atoms with Gasteiger partial charge in [0.1, 0.15) is 0 Å². The fourth-order valence-electron chi connectivity index (χ4n) is 8.36. The maximum Gasteiger partial charge on any atom is 0.0473 e. The van der Waals surface area contributed by atoms with E-state index in [4.69, 9.17) is 0 Å². The second kappa shape index (κ2) is 14.1. The number of fused-ring (bicyclic) bond motifs is 6. The Balaban J connectivity index is 1.13. The molecule has 57 heavy (non-hydrogen) atoms. The molecule has 9 aromatic carbocycles. The number of thiophene rings is 2. The van der Waals surface area contributed by atoms with E-state index in [9.17, 15) is 0 Å². The molecule has 3 heteroatoms. The highest BCUT2D eigenvalue weighted by Crippen LogP contribution is 2.46. The van der Waals surface area contributed by atoms with Crippen LogP contribution < -0.4 is 4.90 Å². The Labute approximate surface area is 340 Å². The summed E-state index contributed by atoms with van der Waals surface area (Å²) in [6.45, 7) is 0. The van der Waals surface area contributed by atoms with Crippen LogP contribution in [0.1, 0.15) is 0 Å². The molecule has 0 bridgehead atoms. The molecule has 11 rings (SSSR count). The number of anilines is 3. The van der Waals surface area contributed by atoms with Crippen LogP contribution in [0.15, 0.2) is 212 Å². The van der Waals surface area contributed by atoms with Gasteiger partial charge in [-0.05, 0) is 105 Å². The van der Waals surface area contributed by atoms with Crippen molar-refractivity contribution in [1.82, 2.24) is 0 Å². The molecule has 2 aromatic heterocycles. The van der Waals surface area contributed by atoms with Crippen molar-refractivity contribution in [2.45, 2.75) is 0 Å².